The Balaban J connectivity index is 1.26. The number of para-hydroxylation sites is 2. The van der Waals surface area contributed by atoms with Crippen molar-refractivity contribution in [3.63, 3.8) is 0 Å². The lowest BCUT2D eigenvalue weighted by Crippen LogP contribution is -2.20. The van der Waals surface area contributed by atoms with Gasteiger partial charge in [-0.2, -0.15) is 4.58 Å². The van der Waals surface area contributed by atoms with Crippen molar-refractivity contribution in [3.8, 4) is 11.1 Å². The highest BCUT2D eigenvalue weighted by Crippen LogP contribution is 2.31. The molecule has 0 saturated heterocycles. The van der Waals surface area contributed by atoms with Gasteiger partial charge in [-0.25, -0.2) is 0 Å². The normalized spacial score (nSPS) is 16.6. The predicted molar refractivity (Wildman–Crippen MR) is 153 cm³/mol. The van der Waals surface area contributed by atoms with Crippen LogP contribution in [0.2, 0.25) is 0 Å². The number of nitrogens with zero attached hydrogens (tertiary/aromatic N) is 2. The molecule has 5 aromatic rings. The summed E-state index contributed by atoms with van der Waals surface area (Å²) < 4.78 is 4.59. The second-order valence-electron chi connectivity index (χ2n) is 10.1. The van der Waals surface area contributed by atoms with Crippen LogP contribution in [0.3, 0.4) is 0 Å². The van der Waals surface area contributed by atoms with Crippen molar-refractivity contribution in [2.75, 3.05) is 7.05 Å². The van der Waals surface area contributed by atoms with Crippen molar-refractivity contribution in [2.45, 2.75) is 19.3 Å². The van der Waals surface area contributed by atoms with Crippen LogP contribution in [0.15, 0.2) is 102 Å². The molecule has 0 unspecified atom stereocenters. The van der Waals surface area contributed by atoms with E-state index in [0.29, 0.717) is 0 Å². The summed E-state index contributed by atoms with van der Waals surface area (Å²) in [7, 11) is 4.31. The van der Waals surface area contributed by atoms with Crippen LogP contribution >= 0.6 is 0 Å². The van der Waals surface area contributed by atoms with Crippen molar-refractivity contribution < 1.29 is 0 Å². The Hall–Kier alpha value is -4.17. The van der Waals surface area contributed by atoms with Crippen LogP contribution in [-0.2, 0) is 7.05 Å². The predicted octanol–water partition coefficient (Wildman–Crippen LogP) is 6.74. The first-order chi connectivity index (χ1) is 17.7. The first kappa shape index (κ1) is 21.1. The zero-order chi connectivity index (χ0) is 24.2. The summed E-state index contributed by atoms with van der Waals surface area (Å²) in [6, 6.07) is 31.1. The van der Waals surface area contributed by atoms with Gasteiger partial charge in [0.1, 0.15) is 7.05 Å². The largest absolute Gasteiger partial charge is 0.344 e. The van der Waals surface area contributed by atoms with Crippen molar-refractivity contribution in [1.29, 1.82) is 0 Å². The van der Waals surface area contributed by atoms with Gasteiger partial charge in [-0.05, 0) is 77.6 Å². The van der Waals surface area contributed by atoms with Gasteiger partial charge >= 0.3 is 0 Å². The van der Waals surface area contributed by atoms with Crippen LogP contribution < -0.4 is 15.2 Å². The average Bonchev–Trinajstić information content (AvgIpc) is 3.36. The molecule has 2 nitrogen and oxygen atoms in total. The van der Waals surface area contributed by atoms with E-state index in [9.17, 15) is 0 Å². The molecule has 0 atom stereocenters. The Morgan fingerprint density at radius 1 is 0.750 bits per heavy atom. The molecule has 2 heterocycles. The number of benzene rings is 4. The standard InChI is InChI=1S/C34H29N2/c1-35-31-12-5-3-10-27(31)29-21-25(14-16-33(29)35)19-23-8-7-9-24(18-23)20-26-15-17-34-30(22-26)28-11-4-6-13-32(28)36(34)2/h3-6,10-22H,7-9H2,1-2H3/q+1. The van der Waals surface area contributed by atoms with Gasteiger partial charge in [0.15, 0.2) is 0 Å². The number of fused-ring (bicyclic) bond motifs is 6. The van der Waals surface area contributed by atoms with Gasteiger partial charge in [0.05, 0.1) is 11.1 Å². The Labute approximate surface area is 211 Å². The van der Waals surface area contributed by atoms with Crippen molar-refractivity contribution >= 4 is 39.6 Å². The zero-order valence-electron chi connectivity index (χ0n) is 20.8. The Morgan fingerprint density at radius 3 is 2.53 bits per heavy atom. The molecule has 0 amide bonds. The Kier molecular flexibility index (Phi) is 4.82. The monoisotopic (exact) mass is 465 g/mol. The summed E-state index contributed by atoms with van der Waals surface area (Å²) in [5, 5.41) is 5.23. The highest BCUT2D eigenvalue weighted by molar-refractivity contribution is 6.08. The van der Waals surface area contributed by atoms with Gasteiger partial charge in [0, 0.05) is 41.0 Å². The summed E-state index contributed by atoms with van der Waals surface area (Å²) in [4.78, 5) is 0. The molecule has 4 aromatic carbocycles. The zero-order valence-corrected chi connectivity index (χ0v) is 20.8. The third-order valence-electron chi connectivity index (χ3n) is 7.88. The Bertz CT molecular complexity index is 1880. The van der Waals surface area contributed by atoms with Gasteiger partial charge < -0.3 is 4.57 Å². The maximum Gasteiger partial charge on any atom is 0.213 e. The lowest BCUT2D eigenvalue weighted by Gasteiger charge is -2.13. The molecule has 2 heteroatoms. The molecule has 0 bridgehead atoms. The lowest BCUT2D eigenvalue weighted by molar-refractivity contribution is 0.807. The minimum absolute atomic E-state index is 1.13. The van der Waals surface area contributed by atoms with E-state index >= 15 is 0 Å². The molecule has 1 aliphatic carbocycles. The lowest BCUT2D eigenvalue weighted by atomic mass is 9.92. The smallest absolute Gasteiger partial charge is 0.213 e. The van der Waals surface area contributed by atoms with Gasteiger partial charge in [-0.15, -0.1) is 0 Å². The third kappa shape index (κ3) is 3.37. The second kappa shape index (κ2) is 8.20. The molecular weight excluding hydrogens is 436 g/mol. The van der Waals surface area contributed by atoms with Crippen molar-refractivity contribution in [3.05, 3.63) is 118 Å². The molecule has 0 saturated carbocycles. The van der Waals surface area contributed by atoms with Crippen molar-refractivity contribution in [1.82, 2.24) is 9.14 Å². The summed E-state index contributed by atoms with van der Waals surface area (Å²) >= 11 is 0. The van der Waals surface area contributed by atoms with E-state index in [2.05, 4.69) is 126 Å². The highest BCUT2D eigenvalue weighted by Gasteiger charge is 2.23. The molecular formula is C34H29N2+. The van der Waals surface area contributed by atoms with E-state index < -0.39 is 0 Å². The highest BCUT2D eigenvalue weighted by atomic mass is 15.0. The van der Waals surface area contributed by atoms with Crippen LogP contribution in [0.5, 0.6) is 0 Å². The summed E-state index contributed by atoms with van der Waals surface area (Å²) in [5.74, 6) is 0. The molecule has 0 N–H and O–H groups in total. The Morgan fingerprint density at radius 2 is 1.58 bits per heavy atom. The van der Waals surface area contributed by atoms with E-state index in [4.69, 9.17) is 0 Å². The van der Waals surface area contributed by atoms with Crippen LogP contribution in [0.4, 0.5) is 5.69 Å². The molecule has 0 spiro atoms. The van der Waals surface area contributed by atoms with E-state index in [1.807, 2.05) is 0 Å². The number of allylic oxidation sites excluding steroid dienone is 3. The second-order valence-corrected chi connectivity index (χ2v) is 10.1. The van der Waals surface area contributed by atoms with Crippen LogP contribution in [0, 0.1) is 0 Å². The minimum Gasteiger partial charge on any atom is -0.344 e. The summed E-state index contributed by atoms with van der Waals surface area (Å²) in [5.41, 5.74) is 10.6. The average molecular weight is 466 g/mol. The van der Waals surface area contributed by atoms with Crippen LogP contribution in [0.25, 0.3) is 45.1 Å². The molecule has 174 valence electrons. The maximum atomic E-state index is 2.41. The summed E-state index contributed by atoms with van der Waals surface area (Å²) in [6.07, 6.45) is 10.6. The van der Waals surface area contributed by atoms with Gasteiger partial charge in [-0.1, -0.05) is 54.6 Å². The van der Waals surface area contributed by atoms with E-state index in [0.717, 1.165) is 12.8 Å². The van der Waals surface area contributed by atoms with Gasteiger partial charge in [0.2, 0.25) is 11.0 Å². The van der Waals surface area contributed by atoms with Crippen LogP contribution in [-0.4, -0.2) is 11.6 Å². The first-order valence-corrected chi connectivity index (χ1v) is 12.9. The summed E-state index contributed by atoms with van der Waals surface area (Å²) in [6.45, 7) is 0. The maximum absolute atomic E-state index is 2.41. The fourth-order valence-electron chi connectivity index (χ4n) is 6.09. The molecule has 1 aromatic heterocycles. The number of rotatable bonds is 2. The van der Waals surface area contributed by atoms with Crippen molar-refractivity contribution in [2.24, 2.45) is 7.05 Å². The van der Waals surface area contributed by atoms with E-state index in [1.165, 1.54) is 72.3 Å². The van der Waals surface area contributed by atoms with Gasteiger partial charge in [-0.3, -0.25) is 0 Å². The minimum atomic E-state index is 1.13. The number of aryl methyl sites for hydroxylation is 1. The molecule has 0 radical (unpaired) electrons. The van der Waals surface area contributed by atoms with Crippen LogP contribution in [0.1, 0.15) is 24.8 Å². The fourth-order valence-corrected chi connectivity index (χ4v) is 6.09. The number of hydrogen-bond acceptors (Lipinski definition) is 0. The fraction of sp³-hybridized carbons (Fsp3) is 0.147. The molecule has 1 aliphatic heterocycles. The molecule has 36 heavy (non-hydrogen) atoms. The molecule has 2 aliphatic rings. The third-order valence-corrected chi connectivity index (χ3v) is 7.88. The topological polar surface area (TPSA) is 7.94 Å². The first-order valence-electron chi connectivity index (χ1n) is 12.9. The van der Waals surface area contributed by atoms with E-state index in [1.54, 1.807) is 0 Å². The van der Waals surface area contributed by atoms with E-state index in [-0.39, 0.29) is 0 Å². The molecule has 0 fully saturated rings. The quantitative estimate of drug-likeness (QED) is 0.255. The number of aromatic nitrogens is 1. The SMILES string of the molecule is Cn1c2ccccc2c2cc(/C=C3C=C(/C=c4\ccc5c(c4)-c4ccccc4[N+]=5C)CCC/3)ccc21. The number of hydrogen-bond donors (Lipinski definition) is 0. The van der Waals surface area contributed by atoms with Gasteiger partial charge in [0.25, 0.3) is 0 Å². The molecule has 7 rings (SSSR count).